The summed E-state index contributed by atoms with van der Waals surface area (Å²) in [7, 11) is 0. The third-order valence-electron chi connectivity index (χ3n) is 4.77. The van der Waals surface area contributed by atoms with Crippen molar-refractivity contribution in [1.82, 2.24) is 4.90 Å². The molecule has 0 aromatic heterocycles. The number of fused-ring (bicyclic) bond motifs is 1. The Morgan fingerprint density at radius 2 is 1.68 bits per heavy atom. The minimum atomic E-state index is -1.12. The Bertz CT molecular complexity index is 1000. The fourth-order valence-electron chi connectivity index (χ4n) is 3.45. The lowest BCUT2D eigenvalue weighted by Gasteiger charge is -2.25. The van der Waals surface area contributed by atoms with E-state index in [9.17, 15) is 18.7 Å². The Hall–Kier alpha value is -3.41. The van der Waals surface area contributed by atoms with Gasteiger partial charge in [0.15, 0.2) is 6.23 Å². The number of benzene rings is 3. The Balaban J connectivity index is 1.67. The van der Waals surface area contributed by atoms with Gasteiger partial charge in [-0.2, -0.15) is 0 Å². The van der Waals surface area contributed by atoms with Crippen molar-refractivity contribution < 1.29 is 23.4 Å². The molecule has 6 heteroatoms. The van der Waals surface area contributed by atoms with Crippen LogP contribution in [0, 0.1) is 11.6 Å². The van der Waals surface area contributed by atoms with Crippen molar-refractivity contribution in [3.05, 3.63) is 89.5 Å². The van der Waals surface area contributed by atoms with Crippen molar-refractivity contribution in [2.24, 2.45) is 0 Å². The molecule has 142 valence electrons. The van der Waals surface area contributed by atoms with Crippen molar-refractivity contribution >= 4 is 6.09 Å². The minimum absolute atomic E-state index is 0.151. The van der Waals surface area contributed by atoms with Gasteiger partial charge in [0, 0.05) is 17.5 Å². The van der Waals surface area contributed by atoms with E-state index in [1.54, 1.807) is 18.2 Å². The molecule has 28 heavy (non-hydrogen) atoms. The maximum absolute atomic E-state index is 14.3. The molecule has 4 nitrogen and oxygen atoms in total. The third kappa shape index (κ3) is 3.29. The second-order valence-electron chi connectivity index (χ2n) is 6.56. The summed E-state index contributed by atoms with van der Waals surface area (Å²) in [5.41, 5.74) is 1.64. The number of hydrogen-bond acceptors (Lipinski definition) is 2. The van der Waals surface area contributed by atoms with Gasteiger partial charge in [-0.1, -0.05) is 54.6 Å². The van der Waals surface area contributed by atoms with E-state index in [1.807, 2.05) is 30.3 Å². The first-order chi connectivity index (χ1) is 13.5. The Morgan fingerprint density at radius 3 is 2.36 bits per heavy atom. The van der Waals surface area contributed by atoms with Gasteiger partial charge in [0.1, 0.15) is 17.4 Å². The van der Waals surface area contributed by atoms with Gasteiger partial charge in [0.25, 0.3) is 0 Å². The molecule has 0 fully saturated rings. The van der Waals surface area contributed by atoms with E-state index in [2.05, 4.69) is 0 Å². The summed E-state index contributed by atoms with van der Waals surface area (Å²) in [6, 6.07) is 17.9. The first-order valence-corrected chi connectivity index (χ1v) is 8.81. The molecule has 0 bridgehead atoms. The molecule has 1 aliphatic heterocycles. The summed E-state index contributed by atoms with van der Waals surface area (Å²) in [5, 5.41) is 9.67. The summed E-state index contributed by atoms with van der Waals surface area (Å²) >= 11 is 0. The van der Waals surface area contributed by atoms with Crippen LogP contribution in [0.15, 0.2) is 66.7 Å². The number of carboxylic acid groups (broad SMARTS) is 1. The predicted octanol–water partition coefficient (Wildman–Crippen LogP) is 5.07. The third-order valence-corrected chi connectivity index (χ3v) is 4.77. The van der Waals surface area contributed by atoms with Crippen molar-refractivity contribution in [3.63, 3.8) is 0 Å². The molecule has 4 rings (SSSR count). The van der Waals surface area contributed by atoms with Crippen LogP contribution >= 0.6 is 0 Å². The van der Waals surface area contributed by atoms with Crippen LogP contribution in [-0.4, -0.2) is 22.3 Å². The van der Waals surface area contributed by atoms with Gasteiger partial charge < -0.3 is 9.84 Å². The summed E-state index contributed by atoms with van der Waals surface area (Å²) in [6.45, 7) is 0.151. The largest absolute Gasteiger partial charge is 0.469 e. The highest BCUT2D eigenvalue weighted by Crippen LogP contribution is 2.41. The van der Waals surface area contributed by atoms with Crippen LogP contribution in [0.1, 0.15) is 11.1 Å². The molecular weight excluding hydrogens is 364 g/mol. The minimum Gasteiger partial charge on any atom is -0.469 e. The van der Waals surface area contributed by atoms with Crippen LogP contribution in [0.2, 0.25) is 0 Å². The van der Waals surface area contributed by atoms with Crippen molar-refractivity contribution in [2.75, 3.05) is 0 Å². The fourth-order valence-corrected chi connectivity index (χ4v) is 3.45. The highest BCUT2D eigenvalue weighted by molar-refractivity contribution is 5.74. The van der Waals surface area contributed by atoms with Crippen LogP contribution in [0.25, 0.3) is 11.1 Å². The topological polar surface area (TPSA) is 49.8 Å². The van der Waals surface area contributed by atoms with E-state index in [4.69, 9.17) is 4.74 Å². The molecule has 0 aliphatic carbocycles. The quantitative estimate of drug-likeness (QED) is 0.686. The van der Waals surface area contributed by atoms with Crippen LogP contribution in [-0.2, 0) is 13.0 Å². The number of rotatable bonds is 4. The fraction of sp³-hybridized carbons (Fsp3) is 0.136. The lowest BCUT2D eigenvalue weighted by atomic mass is 10.00. The second kappa shape index (κ2) is 7.31. The monoisotopic (exact) mass is 381 g/mol. The smallest absolute Gasteiger partial charge is 0.410 e. The zero-order valence-corrected chi connectivity index (χ0v) is 14.8. The van der Waals surface area contributed by atoms with E-state index in [1.165, 1.54) is 23.1 Å². The molecule has 1 heterocycles. The van der Waals surface area contributed by atoms with Gasteiger partial charge >= 0.3 is 6.09 Å². The number of amides is 1. The molecule has 1 aliphatic rings. The molecule has 3 aromatic carbocycles. The van der Waals surface area contributed by atoms with Gasteiger partial charge in [-0.3, -0.25) is 4.90 Å². The maximum Gasteiger partial charge on any atom is 0.410 e. The lowest BCUT2D eigenvalue weighted by Crippen LogP contribution is -2.41. The van der Waals surface area contributed by atoms with Gasteiger partial charge in [0.05, 0.1) is 12.1 Å². The number of para-hydroxylation sites is 1. The zero-order chi connectivity index (χ0) is 19.7. The first kappa shape index (κ1) is 18.0. The van der Waals surface area contributed by atoms with E-state index in [-0.39, 0.29) is 17.7 Å². The molecule has 0 saturated heterocycles. The van der Waals surface area contributed by atoms with E-state index < -0.39 is 24.0 Å². The molecule has 0 radical (unpaired) electrons. The molecule has 1 unspecified atom stereocenters. The number of ether oxygens (including phenoxy) is 1. The Morgan fingerprint density at radius 1 is 1.00 bits per heavy atom. The average molecular weight is 381 g/mol. The highest BCUT2D eigenvalue weighted by atomic mass is 19.1. The van der Waals surface area contributed by atoms with Crippen LogP contribution < -0.4 is 4.74 Å². The van der Waals surface area contributed by atoms with E-state index in [0.29, 0.717) is 17.7 Å². The molecule has 1 atom stereocenters. The molecule has 0 spiro atoms. The standard InChI is InChI=1S/C22H17F2NO3/c23-17-10-5-11-18(24)20(17)16-9-4-8-15-12-19(28-21(15)16)25(22(26)27)13-14-6-2-1-3-7-14/h1-11,19H,12-13H2,(H,26,27). The average Bonchev–Trinajstić information content (AvgIpc) is 3.11. The summed E-state index contributed by atoms with van der Waals surface area (Å²) in [5.74, 6) is -1.07. The van der Waals surface area contributed by atoms with Gasteiger partial charge in [0.2, 0.25) is 0 Å². The lowest BCUT2D eigenvalue weighted by molar-refractivity contribution is 0.0394. The Kier molecular flexibility index (Phi) is 4.69. The van der Waals surface area contributed by atoms with Crippen LogP contribution in [0.5, 0.6) is 5.75 Å². The van der Waals surface area contributed by atoms with Crippen LogP contribution in [0.4, 0.5) is 13.6 Å². The number of nitrogens with zero attached hydrogens (tertiary/aromatic N) is 1. The van der Waals surface area contributed by atoms with Gasteiger partial charge in [-0.15, -0.1) is 0 Å². The molecule has 1 amide bonds. The Labute approximate surface area is 160 Å². The second-order valence-corrected chi connectivity index (χ2v) is 6.56. The number of halogens is 2. The number of carbonyl (C=O) groups is 1. The van der Waals surface area contributed by atoms with Gasteiger partial charge in [-0.25, -0.2) is 13.6 Å². The molecule has 1 N–H and O–H groups in total. The first-order valence-electron chi connectivity index (χ1n) is 8.81. The predicted molar refractivity (Wildman–Crippen MR) is 99.9 cm³/mol. The van der Waals surface area contributed by atoms with Crippen LogP contribution in [0.3, 0.4) is 0 Å². The SMILES string of the molecule is O=C(O)N(Cc1ccccc1)C1Cc2cccc(-c3c(F)cccc3F)c2O1. The summed E-state index contributed by atoms with van der Waals surface area (Å²) in [6.07, 6.45) is -1.60. The molecule has 0 saturated carbocycles. The van der Waals surface area contributed by atoms with E-state index in [0.717, 1.165) is 5.56 Å². The van der Waals surface area contributed by atoms with Crippen molar-refractivity contribution in [2.45, 2.75) is 19.2 Å². The number of hydrogen-bond donors (Lipinski definition) is 1. The molecular formula is C22H17F2NO3. The summed E-state index contributed by atoms with van der Waals surface area (Å²) in [4.78, 5) is 13.0. The van der Waals surface area contributed by atoms with E-state index >= 15 is 0 Å². The highest BCUT2D eigenvalue weighted by Gasteiger charge is 2.34. The normalized spacial score (nSPS) is 15.0. The van der Waals surface area contributed by atoms with Gasteiger partial charge in [-0.05, 0) is 17.7 Å². The maximum atomic E-state index is 14.3. The van der Waals surface area contributed by atoms with Crippen molar-refractivity contribution in [1.29, 1.82) is 0 Å². The molecule has 3 aromatic rings. The summed E-state index contributed by atoms with van der Waals surface area (Å²) < 4.78 is 34.5. The zero-order valence-electron chi connectivity index (χ0n) is 14.8. The van der Waals surface area contributed by atoms with Crippen molar-refractivity contribution in [3.8, 4) is 16.9 Å².